The molecule has 1 aromatic heterocycles. The van der Waals surface area contributed by atoms with Gasteiger partial charge >= 0.3 is 0 Å². The highest BCUT2D eigenvalue weighted by Crippen LogP contribution is 2.24. The number of furan rings is 1. The van der Waals surface area contributed by atoms with Crippen LogP contribution >= 0.6 is 0 Å². The Morgan fingerprint density at radius 2 is 2.11 bits per heavy atom. The molecule has 0 radical (unpaired) electrons. The number of nitriles is 1. The van der Waals surface area contributed by atoms with Crippen LogP contribution in [0.25, 0.3) is 0 Å². The second-order valence-corrected chi connectivity index (χ2v) is 5.86. The molecule has 104 valence electrons. The highest BCUT2D eigenvalue weighted by molar-refractivity contribution is 5.81. The molecule has 0 fully saturated rings. The van der Waals surface area contributed by atoms with E-state index in [9.17, 15) is 4.79 Å². The minimum absolute atomic E-state index is 0.0129. The summed E-state index contributed by atoms with van der Waals surface area (Å²) in [6, 6.07) is 5.88. The Hall–Kier alpha value is -1.76. The average molecular weight is 262 g/mol. The molecule has 0 aliphatic carbocycles. The van der Waals surface area contributed by atoms with Crippen LogP contribution in [0.3, 0.4) is 0 Å². The lowest BCUT2D eigenvalue weighted by atomic mass is 9.89. The summed E-state index contributed by atoms with van der Waals surface area (Å²) < 4.78 is 5.60. The van der Waals surface area contributed by atoms with Crippen LogP contribution in [-0.2, 0) is 10.2 Å². The van der Waals surface area contributed by atoms with Crippen LogP contribution in [-0.4, -0.2) is 12.5 Å². The molecule has 1 aromatic rings. The van der Waals surface area contributed by atoms with Gasteiger partial charge in [0.05, 0.1) is 6.07 Å². The third-order valence-corrected chi connectivity index (χ3v) is 3.20. The molecule has 1 heterocycles. The number of carbonyl (C=O) groups is 1. The lowest BCUT2D eigenvalue weighted by Crippen LogP contribution is -2.40. The first-order valence-corrected chi connectivity index (χ1v) is 6.52. The third kappa shape index (κ3) is 3.85. The molecule has 1 rings (SSSR count). The van der Waals surface area contributed by atoms with Crippen molar-refractivity contribution in [3.63, 3.8) is 0 Å². The van der Waals surface area contributed by atoms with Crippen LogP contribution in [0.2, 0.25) is 0 Å². The lowest BCUT2D eigenvalue weighted by Gasteiger charge is -2.23. The van der Waals surface area contributed by atoms with Gasteiger partial charge in [-0.15, -0.1) is 0 Å². The Labute approximate surface area is 114 Å². The van der Waals surface area contributed by atoms with Gasteiger partial charge in [-0.05, 0) is 25.0 Å². The van der Waals surface area contributed by atoms with Crippen LogP contribution in [0, 0.1) is 30.1 Å². The summed E-state index contributed by atoms with van der Waals surface area (Å²) in [5.41, 5.74) is -0.291. The molecule has 1 amide bonds. The van der Waals surface area contributed by atoms with Crippen molar-refractivity contribution in [1.29, 1.82) is 5.26 Å². The van der Waals surface area contributed by atoms with Gasteiger partial charge in [-0.25, -0.2) is 0 Å². The van der Waals surface area contributed by atoms with Gasteiger partial charge in [0.2, 0.25) is 5.91 Å². The van der Waals surface area contributed by atoms with Gasteiger partial charge in [0, 0.05) is 12.0 Å². The molecular weight excluding hydrogens is 240 g/mol. The molecule has 1 atom stereocenters. The standard InChI is InChI=1S/C15H22N2O2/c1-10(2)12(8-16)14(18)17-9-15(4,5)13-7-6-11(3)19-13/h6-7,10,12H,9H2,1-5H3,(H,17,18). The zero-order chi connectivity index (χ0) is 14.6. The maximum absolute atomic E-state index is 11.9. The highest BCUT2D eigenvalue weighted by Gasteiger charge is 2.27. The summed E-state index contributed by atoms with van der Waals surface area (Å²) in [6.45, 7) is 10.1. The number of hydrogen-bond acceptors (Lipinski definition) is 3. The smallest absolute Gasteiger partial charge is 0.237 e. The van der Waals surface area contributed by atoms with Gasteiger partial charge in [0.15, 0.2) is 0 Å². The minimum Gasteiger partial charge on any atom is -0.466 e. The molecule has 0 bridgehead atoms. The van der Waals surface area contributed by atoms with Crippen molar-refractivity contribution in [1.82, 2.24) is 5.32 Å². The lowest BCUT2D eigenvalue weighted by molar-refractivity contribution is -0.124. The summed E-state index contributed by atoms with van der Waals surface area (Å²) in [7, 11) is 0. The van der Waals surface area contributed by atoms with Crippen LogP contribution in [0.1, 0.15) is 39.2 Å². The van der Waals surface area contributed by atoms with Crippen molar-refractivity contribution in [2.45, 2.75) is 40.0 Å². The summed E-state index contributed by atoms with van der Waals surface area (Å²) in [5, 5.41) is 11.8. The second kappa shape index (κ2) is 5.92. The molecule has 1 N–H and O–H groups in total. The SMILES string of the molecule is Cc1ccc(C(C)(C)CNC(=O)C(C#N)C(C)C)o1. The zero-order valence-electron chi connectivity index (χ0n) is 12.3. The first-order chi connectivity index (χ1) is 8.77. The first-order valence-electron chi connectivity index (χ1n) is 6.52. The molecule has 4 heteroatoms. The average Bonchev–Trinajstić information content (AvgIpc) is 2.74. The van der Waals surface area contributed by atoms with Crippen molar-refractivity contribution in [3.8, 4) is 6.07 Å². The van der Waals surface area contributed by atoms with Gasteiger partial charge in [0.1, 0.15) is 17.4 Å². The summed E-state index contributed by atoms with van der Waals surface area (Å²) in [4.78, 5) is 11.9. The van der Waals surface area contributed by atoms with Crippen molar-refractivity contribution >= 4 is 5.91 Å². The molecule has 0 spiro atoms. The van der Waals surface area contributed by atoms with E-state index in [0.29, 0.717) is 6.54 Å². The van der Waals surface area contributed by atoms with Crippen molar-refractivity contribution < 1.29 is 9.21 Å². The molecular formula is C15H22N2O2. The van der Waals surface area contributed by atoms with Gasteiger partial charge in [-0.3, -0.25) is 4.79 Å². The van der Waals surface area contributed by atoms with E-state index < -0.39 is 5.92 Å². The van der Waals surface area contributed by atoms with E-state index in [-0.39, 0.29) is 17.2 Å². The van der Waals surface area contributed by atoms with E-state index in [1.54, 1.807) is 0 Å². The predicted octanol–water partition coefficient (Wildman–Crippen LogP) is 2.78. The number of aryl methyl sites for hydroxylation is 1. The fourth-order valence-electron chi connectivity index (χ4n) is 1.81. The van der Waals surface area contributed by atoms with Crippen molar-refractivity contribution in [3.05, 3.63) is 23.7 Å². The Morgan fingerprint density at radius 1 is 1.47 bits per heavy atom. The van der Waals surface area contributed by atoms with Gasteiger partial charge < -0.3 is 9.73 Å². The fraction of sp³-hybridized carbons (Fsp3) is 0.600. The van der Waals surface area contributed by atoms with Gasteiger partial charge in [-0.1, -0.05) is 27.7 Å². The second-order valence-electron chi connectivity index (χ2n) is 5.86. The zero-order valence-corrected chi connectivity index (χ0v) is 12.3. The third-order valence-electron chi connectivity index (χ3n) is 3.20. The molecule has 0 aliphatic heterocycles. The number of hydrogen-bond donors (Lipinski definition) is 1. The maximum atomic E-state index is 11.9. The van der Waals surface area contributed by atoms with Crippen LogP contribution in [0.15, 0.2) is 16.5 Å². The molecule has 19 heavy (non-hydrogen) atoms. The van der Waals surface area contributed by atoms with E-state index >= 15 is 0 Å². The summed E-state index contributed by atoms with van der Waals surface area (Å²) in [5.74, 6) is 0.886. The molecule has 0 aliphatic rings. The molecule has 0 aromatic carbocycles. The number of nitrogens with one attached hydrogen (secondary N) is 1. The number of amides is 1. The van der Waals surface area contributed by atoms with E-state index in [4.69, 9.17) is 9.68 Å². The van der Waals surface area contributed by atoms with Crippen molar-refractivity contribution in [2.75, 3.05) is 6.54 Å². The highest BCUT2D eigenvalue weighted by atomic mass is 16.3. The molecule has 0 saturated heterocycles. The predicted molar refractivity (Wildman–Crippen MR) is 73.4 cm³/mol. The quantitative estimate of drug-likeness (QED) is 0.887. The topological polar surface area (TPSA) is 66.0 Å². The van der Waals surface area contributed by atoms with E-state index in [0.717, 1.165) is 11.5 Å². The monoisotopic (exact) mass is 262 g/mol. The Balaban J connectivity index is 2.66. The van der Waals surface area contributed by atoms with E-state index in [1.807, 2.05) is 52.8 Å². The molecule has 1 unspecified atom stereocenters. The maximum Gasteiger partial charge on any atom is 0.237 e. The Morgan fingerprint density at radius 3 is 2.53 bits per heavy atom. The normalized spacial score (nSPS) is 13.1. The molecule has 0 saturated carbocycles. The van der Waals surface area contributed by atoms with Crippen LogP contribution < -0.4 is 5.32 Å². The van der Waals surface area contributed by atoms with Gasteiger partial charge in [0.25, 0.3) is 0 Å². The van der Waals surface area contributed by atoms with Gasteiger partial charge in [-0.2, -0.15) is 5.26 Å². The van der Waals surface area contributed by atoms with E-state index in [2.05, 4.69) is 5.32 Å². The van der Waals surface area contributed by atoms with Crippen LogP contribution in [0.5, 0.6) is 0 Å². The summed E-state index contributed by atoms with van der Waals surface area (Å²) in [6.07, 6.45) is 0. The number of nitrogens with zero attached hydrogens (tertiary/aromatic N) is 1. The van der Waals surface area contributed by atoms with E-state index in [1.165, 1.54) is 0 Å². The largest absolute Gasteiger partial charge is 0.466 e. The minimum atomic E-state index is -0.603. The number of carbonyl (C=O) groups excluding carboxylic acids is 1. The Kier molecular flexibility index (Phi) is 4.77. The fourth-order valence-corrected chi connectivity index (χ4v) is 1.81. The van der Waals surface area contributed by atoms with Crippen LogP contribution in [0.4, 0.5) is 0 Å². The first kappa shape index (κ1) is 15.3. The molecule has 4 nitrogen and oxygen atoms in total. The Bertz CT molecular complexity index is 481. The van der Waals surface area contributed by atoms with Crippen molar-refractivity contribution in [2.24, 2.45) is 11.8 Å². The summed E-state index contributed by atoms with van der Waals surface area (Å²) >= 11 is 0. The number of rotatable bonds is 5.